The fraction of sp³-hybridized carbons (Fsp3) is 0.500. The Hall–Kier alpha value is -2.96. The first-order chi connectivity index (χ1) is 15.0. The number of carbonyl (C=O) groups is 3. The van der Waals surface area contributed by atoms with Crippen molar-refractivity contribution in [2.45, 2.75) is 51.9 Å². The lowest BCUT2D eigenvalue weighted by Gasteiger charge is -2.40. The predicted molar refractivity (Wildman–Crippen MR) is 119 cm³/mol. The summed E-state index contributed by atoms with van der Waals surface area (Å²) in [7, 11) is 0. The van der Waals surface area contributed by atoms with Gasteiger partial charge in [0.1, 0.15) is 0 Å². The third kappa shape index (κ3) is 6.26. The molecule has 3 rings (SSSR count). The average molecular weight is 426 g/mol. The Morgan fingerprint density at radius 1 is 1.26 bits per heavy atom. The molecule has 2 amide bonds. The van der Waals surface area contributed by atoms with Gasteiger partial charge in [-0.1, -0.05) is 42.5 Å². The maximum absolute atomic E-state index is 12.9. The Morgan fingerprint density at radius 3 is 2.77 bits per heavy atom. The molecule has 2 aliphatic heterocycles. The van der Waals surface area contributed by atoms with E-state index in [0.717, 1.165) is 17.7 Å². The van der Waals surface area contributed by atoms with Gasteiger partial charge in [-0.05, 0) is 44.6 Å². The molecule has 1 unspecified atom stereocenters. The van der Waals surface area contributed by atoms with Crippen molar-refractivity contribution < 1.29 is 19.1 Å². The summed E-state index contributed by atoms with van der Waals surface area (Å²) in [6.45, 7) is 3.14. The maximum atomic E-state index is 12.9. The zero-order chi connectivity index (χ0) is 22.1. The van der Waals surface area contributed by atoms with Crippen LogP contribution in [0.5, 0.6) is 0 Å². The third-order valence-corrected chi connectivity index (χ3v) is 5.86. The molecular weight excluding hydrogens is 394 g/mol. The molecule has 0 aliphatic carbocycles. The highest BCUT2D eigenvalue weighted by atomic mass is 16.5. The minimum atomic E-state index is -0.717. The number of hydrogen-bond donors (Lipinski definition) is 1. The van der Waals surface area contributed by atoms with E-state index in [1.807, 2.05) is 42.5 Å². The van der Waals surface area contributed by atoms with Crippen molar-refractivity contribution in [1.82, 2.24) is 10.3 Å². The molecule has 1 saturated heterocycles. The number of likely N-dealkylation sites (tertiary alicyclic amines) is 1. The molecule has 0 bridgehead atoms. The normalized spacial score (nSPS) is 21.5. The van der Waals surface area contributed by atoms with Gasteiger partial charge in [0.05, 0.1) is 12.0 Å². The summed E-state index contributed by atoms with van der Waals surface area (Å²) in [4.78, 5) is 38.8. The highest BCUT2D eigenvalue weighted by Crippen LogP contribution is 2.36. The molecule has 166 valence electrons. The molecule has 0 aromatic heterocycles. The van der Waals surface area contributed by atoms with E-state index in [1.54, 1.807) is 11.8 Å². The molecule has 2 heterocycles. The van der Waals surface area contributed by atoms with Crippen molar-refractivity contribution in [3.05, 3.63) is 42.0 Å². The van der Waals surface area contributed by atoms with Gasteiger partial charge < -0.3 is 9.64 Å². The van der Waals surface area contributed by atoms with Crippen LogP contribution in [-0.2, 0) is 19.1 Å². The largest absolute Gasteiger partial charge is 0.466 e. The third-order valence-electron chi connectivity index (χ3n) is 5.86. The second-order valence-electron chi connectivity index (χ2n) is 8.15. The average Bonchev–Trinajstić information content (AvgIpc) is 2.79. The molecule has 7 heteroatoms. The Labute approximate surface area is 183 Å². The summed E-state index contributed by atoms with van der Waals surface area (Å²) in [6.07, 6.45) is 7.88. The Balaban J connectivity index is 1.65. The Bertz CT molecular complexity index is 850. The number of hydrogen-bond acceptors (Lipinski definition) is 5. The summed E-state index contributed by atoms with van der Waals surface area (Å²) < 4.78 is 5.41. The summed E-state index contributed by atoms with van der Waals surface area (Å²) in [5.41, 5.74) is 3.67. The molecule has 1 aromatic rings. The van der Waals surface area contributed by atoms with E-state index in [4.69, 9.17) is 4.74 Å². The molecular formula is C24H31N3O4. The molecule has 0 saturated carbocycles. The van der Waals surface area contributed by atoms with Gasteiger partial charge in [-0.25, -0.2) is 5.43 Å². The van der Waals surface area contributed by atoms with Gasteiger partial charge in [0.15, 0.2) is 0 Å². The monoisotopic (exact) mass is 425 g/mol. The standard InChI is InChI=1S/C24H31N3O4/c1-2-31-23(30)24(15-6-10-19-8-4-3-5-9-19)16-7-17-27(18-24)22(29)14-12-20-11-13-21(28)26-25-20/h3-6,8-10H,2,7,11-18H2,1H3,(H,26,28). The number of nitrogens with one attached hydrogen (secondary N) is 1. The van der Waals surface area contributed by atoms with Crippen LogP contribution in [0.25, 0.3) is 6.08 Å². The van der Waals surface area contributed by atoms with E-state index in [2.05, 4.69) is 10.5 Å². The molecule has 0 radical (unpaired) electrons. The summed E-state index contributed by atoms with van der Waals surface area (Å²) in [5, 5.41) is 4.04. The summed E-state index contributed by atoms with van der Waals surface area (Å²) >= 11 is 0. The molecule has 2 aliphatic rings. The Morgan fingerprint density at radius 2 is 2.06 bits per heavy atom. The van der Waals surface area contributed by atoms with Crippen molar-refractivity contribution in [3.8, 4) is 0 Å². The lowest BCUT2D eigenvalue weighted by Crippen LogP contribution is -2.50. The van der Waals surface area contributed by atoms with E-state index in [0.29, 0.717) is 58.2 Å². The molecule has 7 nitrogen and oxygen atoms in total. The molecule has 1 fully saturated rings. The number of ether oxygens (including phenoxy) is 1. The van der Waals surface area contributed by atoms with Gasteiger partial charge >= 0.3 is 5.97 Å². The fourth-order valence-corrected chi connectivity index (χ4v) is 4.13. The van der Waals surface area contributed by atoms with E-state index >= 15 is 0 Å². The lowest BCUT2D eigenvalue weighted by atomic mass is 9.76. The van der Waals surface area contributed by atoms with Crippen LogP contribution in [0.4, 0.5) is 0 Å². The van der Waals surface area contributed by atoms with Crippen LogP contribution in [-0.4, -0.2) is 48.1 Å². The number of rotatable bonds is 8. The summed E-state index contributed by atoms with van der Waals surface area (Å²) in [6, 6.07) is 9.95. The minimum absolute atomic E-state index is 0.0139. The van der Waals surface area contributed by atoms with Crippen LogP contribution in [0.3, 0.4) is 0 Å². The highest BCUT2D eigenvalue weighted by Gasteiger charge is 2.43. The topological polar surface area (TPSA) is 88.1 Å². The van der Waals surface area contributed by atoms with E-state index in [-0.39, 0.29) is 17.8 Å². The zero-order valence-electron chi connectivity index (χ0n) is 18.1. The zero-order valence-corrected chi connectivity index (χ0v) is 18.1. The van der Waals surface area contributed by atoms with Crippen molar-refractivity contribution in [2.24, 2.45) is 10.5 Å². The highest BCUT2D eigenvalue weighted by molar-refractivity contribution is 5.94. The van der Waals surface area contributed by atoms with Crippen LogP contribution in [0, 0.1) is 5.41 Å². The molecule has 1 aromatic carbocycles. The fourth-order valence-electron chi connectivity index (χ4n) is 4.13. The second kappa shape index (κ2) is 10.9. The quantitative estimate of drug-likeness (QED) is 0.647. The second-order valence-corrected chi connectivity index (χ2v) is 8.15. The first-order valence-corrected chi connectivity index (χ1v) is 11.0. The maximum Gasteiger partial charge on any atom is 0.314 e. The van der Waals surface area contributed by atoms with Crippen LogP contribution in [0.15, 0.2) is 41.5 Å². The van der Waals surface area contributed by atoms with Crippen LogP contribution >= 0.6 is 0 Å². The van der Waals surface area contributed by atoms with E-state index in [1.165, 1.54) is 0 Å². The lowest BCUT2D eigenvalue weighted by molar-refractivity contribution is -0.160. The number of benzene rings is 1. The van der Waals surface area contributed by atoms with Crippen molar-refractivity contribution in [3.63, 3.8) is 0 Å². The number of hydrazone groups is 1. The van der Waals surface area contributed by atoms with Crippen molar-refractivity contribution in [1.29, 1.82) is 0 Å². The number of amides is 2. The van der Waals surface area contributed by atoms with E-state index in [9.17, 15) is 14.4 Å². The van der Waals surface area contributed by atoms with Gasteiger partial charge in [0, 0.05) is 31.6 Å². The van der Waals surface area contributed by atoms with Gasteiger partial charge in [0.25, 0.3) is 0 Å². The van der Waals surface area contributed by atoms with Gasteiger partial charge in [-0.3, -0.25) is 14.4 Å². The van der Waals surface area contributed by atoms with Crippen molar-refractivity contribution in [2.75, 3.05) is 19.7 Å². The first kappa shape index (κ1) is 22.7. The minimum Gasteiger partial charge on any atom is -0.466 e. The number of allylic oxidation sites excluding steroid dienone is 1. The Kier molecular flexibility index (Phi) is 7.98. The van der Waals surface area contributed by atoms with Crippen LogP contribution < -0.4 is 5.43 Å². The number of nitrogens with zero attached hydrogens (tertiary/aromatic N) is 2. The van der Waals surface area contributed by atoms with Gasteiger partial charge in [-0.2, -0.15) is 5.10 Å². The molecule has 1 atom stereocenters. The van der Waals surface area contributed by atoms with Gasteiger partial charge in [0.2, 0.25) is 11.8 Å². The SMILES string of the molecule is CCOC(=O)C1(CC=Cc2ccccc2)CCCN(C(=O)CCC2=NNC(=O)CC2)C1. The van der Waals surface area contributed by atoms with Crippen LogP contribution in [0.2, 0.25) is 0 Å². The predicted octanol–water partition coefficient (Wildman–Crippen LogP) is 3.31. The van der Waals surface area contributed by atoms with Crippen molar-refractivity contribution >= 4 is 29.6 Å². The summed E-state index contributed by atoms with van der Waals surface area (Å²) in [5.74, 6) is -0.307. The molecule has 31 heavy (non-hydrogen) atoms. The molecule has 0 spiro atoms. The van der Waals surface area contributed by atoms with Crippen LogP contribution in [0.1, 0.15) is 57.4 Å². The van der Waals surface area contributed by atoms with E-state index < -0.39 is 5.41 Å². The molecule has 1 N–H and O–H groups in total. The smallest absolute Gasteiger partial charge is 0.314 e. The number of piperidine rings is 1. The number of esters is 1. The number of carbonyl (C=O) groups excluding carboxylic acids is 3. The first-order valence-electron chi connectivity index (χ1n) is 11.0. The van der Waals surface area contributed by atoms with Gasteiger partial charge in [-0.15, -0.1) is 0 Å².